The second kappa shape index (κ2) is 11.3. The summed E-state index contributed by atoms with van der Waals surface area (Å²) in [6, 6.07) is 5.27. The molecule has 0 radical (unpaired) electrons. The van der Waals surface area contributed by atoms with Crippen LogP contribution in [0.2, 0.25) is 5.02 Å². The van der Waals surface area contributed by atoms with Crippen molar-refractivity contribution in [3.05, 3.63) is 58.1 Å². The fraction of sp³-hybridized carbons (Fsp3) is 0.333. The molecule has 3 aromatic rings. The number of hydrogen-bond acceptors (Lipinski definition) is 7. The Balaban J connectivity index is 2.18. The van der Waals surface area contributed by atoms with Gasteiger partial charge in [0.1, 0.15) is 35.0 Å². The first-order chi connectivity index (χ1) is 17.1. The summed E-state index contributed by atoms with van der Waals surface area (Å²) < 4.78 is 5.95. The summed E-state index contributed by atoms with van der Waals surface area (Å²) in [7, 11) is 6.92. The first-order valence-electron chi connectivity index (χ1n) is 11.5. The minimum atomic E-state index is -0.224. The molecular formula is C27H31ClN6O2. The van der Waals surface area contributed by atoms with Gasteiger partial charge in [0.25, 0.3) is 5.91 Å². The Morgan fingerprint density at radius 1 is 1.22 bits per heavy atom. The van der Waals surface area contributed by atoms with E-state index in [1.165, 1.54) is 11.2 Å². The van der Waals surface area contributed by atoms with E-state index >= 15 is 0 Å². The number of anilines is 2. The molecule has 9 heteroatoms. The molecule has 0 aliphatic carbocycles. The van der Waals surface area contributed by atoms with Crippen LogP contribution in [0.1, 0.15) is 53.5 Å². The zero-order valence-electron chi connectivity index (χ0n) is 21.7. The fourth-order valence-corrected chi connectivity index (χ4v) is 4.11. The van der Waals surface area contributed by atoms with Crippen molar-refractivity contribution in [1.29, 1.82) is 0 Å². The van der Waals surface area contributed by atoms with E-state index in [-0.39, 0.29) is 11.9 Å². The number of carbonyl (C=O) groups is 1. The third kappa shape index (κ3) is 5.21. The number of nitrogens with zero attached hydrogens (tertiary/aromatic N) is 5. The average Bonchev–Trinajstić information content (AvgIpc) is 2.87. The molecule has 8 nitrogen and oxygen atoms in total. The molecule has 188 valence electrons. The van der Waals surface area contributed by atoms with E-state index in [1.54, 1.807) is 33.5 Å². The van der Waals surface area contributed by atoms with Crippen LogP contribution < -0.4 is 15.4 Å². The summed E-state index contributed by atoms with van der Waals surface area (Å²) in [4.78, 5) is 28.8. The maximum absolute atomic E-state index is 12.6. The van der Waals surface area contributed by atoms with Gasteiger partial charge < -0.3 is 20.3 Å². The van der Waals surface area contributed by atoms with Crippen LogP contribution in [0, 0.1) is 18.8 Å². The molecule has 2 aromatic heterocycles. The Morgan fingerprint density at radius 2 is 1.94 bits per heavy atom. The van der Waals surface area contributed by atoms with Crippen molar-refractivity contribution in [3.8, 4) is 28.7 Å². The highest BCUT2D eigenvalue weighted by molar-refractivity contribution is 6.32. The van der Waals surface area contributed by atoms with Gasteiger partial charge in [-0.15, -0.1) is 0 Å². The first kappa shape index (κ1) is 26.8. The van der Waals surface area contributed by atoms with Crippen LogP contribution in [-0.2, 0) is 0 Å². The molecule has 0 aliphatic rings. The van der Waals surface area contributed by atoms with Crippen LogP contribution in [0.25, 0.3) is 11.1 Å². The molecule has 0 saturated carbocycles. The molecule has 36 heavy (non-hydrogen) atoms. The first-order valence-corrected chi connectivity index (χ1v) is 11.9. The molecule has 0 aliphatic heterocycles. The number of amides is 1. The predicted octanol–water partition coefficient (Wildman–Crippen LogP) is 4.75. The van der Waals surface area contributed by atoms with Crippen molar-refractivity contribution in [2.24, 2.45) is 0 Å². The Morgan fingerprint density at radius 3 is 2.58 bits per heavy atom. The topological polar surface area (TPSA) is 97.5 Å². The van der Waals surface area contributed by atoms with Gasteiger partial charge in [0.05, 0.1) is 13.2 Å². The number of nitrogen functional groups attached to an aromatic ring is 1. The molecule has 2 heterocycles. The largest absolute Gasteiger partial charge is 0.496 e. The minimum Gasteiger partial charge on any atom is -0.496 e. The van der Waals surface area contributed by atoms with Gasteiger partial charge in [-0.05, 0) is 43.2 Å². The van der Waals surface area contributed by atoms with Crippen molar-refractivity contribution < 1.29 is 9.53 Å². The highest BCUT2D eigenvalue weighted by Crippen LogP contribution is 2.44. The van der Waals surface area contributed by atoms with Crippen LogP contribution in [0.3, 0.4) is 0 Å². The quantitative estimate of drug-likeness (QED) is 0.481. The van der Waals surface area contributed by atoms with Gasteiger partial charge in [-0.2, -0.15) is 0 Å². The second-order valence-electron chi connectivity index (χ2n) is 8.51. The van der Waals surface area contributed by atoms with Crippen LogP contribution in [0.15, 0.2) is 30.7 Å². The standard InChI is InChI=1S/C27H31ClN6O2/c1-8-9-10-19-25(29)31-15-32-26(19)34(6)17(3)20-14-21(28)16(2)23(24(20)36-7)18-11-12-30-22(13-18)27(35)33(4)5/h11-15,17H,8H2,1-7H3,(H2,29,31,32). The number of ether oxygens (including phenoxy) is 1. The van der Waals surface area contributed by atoms with E-state index in [2.05, 4.69) is 26.8 Å². The zero-order chi connectivity index (χ0) is 26.6. The summed E-state index contributed by atoms with van der Waals surface area (Å²) in [6.45, 7) is 5.92. The summed E-state index contributed by atoms with van der Waals surface area (Å²) in [5.41, 5.74) is 10.3. The highest BCUT2D eigenvalue weighted by Gasteiger charge is 2.26. The fourth-order valence-electron chi connectivity index (χ4n) is 3.90. The van der Waals surface area contributed by atoms with Crippen LogP contribution in [-0.4, -0.2) is 54.0 Å². The Labute approximate surface area is 217 Å². The van der Waals surface area contributed by atoms with E-state index in [1.807, 2.05) is 44.9 Å². The molecule has 0 bridgehead atoms. The average molecular weight is 507 g/mol. The maximum atomic E-state index is 12.6. The van der Waals surface area contributed by atoms with Gasteiger partial charge in [-0.3, -0.25) is 9.78 Å². The van der Waals surface area contributed by atoms with E-state index < -0.39 is 0 Å². The number of rotatable bonds is 6. The lowest BCUT2D eigenvalue weighted by molar-refractivity contribution is 0.0822. The lowest BCUT2D eigenvalue weighted by atomic mass is 9.93. The van der Waals surface area contributed by atoms with Gasteiger partial charge in [0, 0.05) is 49.9 Å². The number of aromatic nitrogens is 3. The molecule has 0 saturated heterocycles. The number of carbonyl (C=O) groups excluding carboxylic acids is 1. The number of hydrogen-bond donors (Lipinski definition) is 1. The van der Waals surface area contributed by atoms with Gasteiger partial charge in [-0.1, -0.05) is 30.4 Å². The molecule has 0 spiro atoms. The number of methoxy groups -OCH3 is 1. The highest BCUT2D eigenvalue weighted by atomic mass is 35.5. The van der Waals surface area contributed by atoms with Crippen molar-refractivity contribution in [1.82, 2.24) is 19.9 Å². The molecule has 0 fully saturated rings. The molecule has 1 aromatic carbocycles. The van der Waals surface area contributed by atoms with Crippen LogP contribution >= 0.6 is 11.6 Å². The monoisotopic (exact) mass is 506 g/mol. The predicted molar refractivity (Wildman–Crippen MR) is 144 cm³/mol. The molecule has 1 amide bonds. The SMILES string of the molecule is CCC#Cc1c(N)ncnc1N(C)C(C)c1cc(Cl)c(C)c(-c2ccnc(C(=O)N(C)C)c2)c1OC. The van der Waals surface area contributed by atoms with Crippen molar-refractivity contribution >= 4 is 29.1 Å². The van der Waals surface area contributed by atoms with Crippen LogP contribution in [0.5, 0.6) is 5.75 Å². The zero-order valence-corrected chi connectivity index (χ0v) is 22.4. The van der Waals surface area contributed by atoms with Crippen LogP contribution in [0.4, 0.5) is 11.6 Å². The summed E-state index contributed by atoms with van der Waals surface area (Å²) in [5, 5.41) is 0.576. The third-order valence-corrected chi connectivity index (χ3v) is 6.39. The Hall–Kier alpha value is -3.83. The van der Waals surface area contributed by atoms with E-state index in [0.29, 0.717) is 40.1 Å². The third-order valence-electron chi connectivity index (χ3n) is 5.99. The summed E-state index contributed by atoms with van der Waals surface area (Å²) in [6.07, 6.45) is 3.72. The van der Waals surface area contributed by atoms with Gasteiger partial charge in [-0.25, -0.2) is 9.97 Å². The minimum absolute atomic E-state index is 0.189. The summed E-state index contributed by atoms with van der Waals surface area (Å²) >= 11 is 6.74. The molecular weight excluding hydrogens is 476 g/mol. The molecule has 3 rings (SSSR count). The van der Waals surface area contributed by atoms with E-state index in [4.69, 9.17) is 22.1 Å². The second-order valence-corrected chi connectivity index (χ2v) is 8.92. The molecule has 1 unspecified atom stereocenters. The maximum Gasteiger partial charge on any atom is 0.271 e. The van der Waals surface area contributed by atoms with Crippen molar-refractivity contribution in [2.75, 3.05) is 38.9 Å². The lowest BCUT2D eigenvalue weighted by Crippen LogP contribution is -2.25. The van der Waals surface area contributed by atoms with Crippen molar-refractivity contribution in [3.63, 3.8) is 0 Å². The number of halogens is 1. The number of pyridine rings is 1. The smallest absolute Gasteiger partial charge is 0.271 e. The number of nitrogens with two attached hydrogens (primary N) is 1. The van der Waals surface area contributed by atoms with Gasteiger partial charge in [0.15, 0.2) is 0 Å². The van der Waals surface area contributed by atoms with Gasteiger partial charge in [0.2, 0.25) is 0 Å². The van der Waals surface area contributed by atoms with Crippen molar-refractivity contribution in [2.45, 2.75) is 33.2 Å². The normalized spacial score (nSPS) is 11.3. The van der Waals surface area contributed by atoms with E-state index in [0.717, 1.165) is 22.3 Å². The number of benzene rings is 1. The Bertz CT molecular complexity index is 1350. The molecule has 1 atom stereocenters. The van der Waals surface area contributed by atoms with E-state index in [9.17, 15) is 4.79 Å². The lowest BCUT2D eigenvalue weighted by Gasteiger charge is -2.30. The molecule has 2 N–H and O–H groups in total. The summed E-state index contributed by atoms with van der Waals surface area (Å²) in [5.74, 6) is 7.53. The van der Waals surface area contributed by atoms with Gasteiger partial charge >= 0.3 is 0 Å². The Kier molecular flexibility index (Phi) is 8.38.